The molecule has 1 aromatic carbocycles. The predicted octanol–water partition coefficient (Wildman–Crippen LogP) is 3.52. The molecule has 21 heavy (non-hydrogen) atoms. The Morgan fingerprint density at radius 3 is 2.48 bits per heavy atom. The molecule has 0 aliphatic rings. The highest BCUT2D eigenvalue weighted by atomic mass is 35.5. The first kappa shape index (κ1) is 18.7. The van der Waals surface area contributed by atoms with Crippen LogP contribution in [-0.4, -0.2) is 33.4 Å². The second-order valence-corrected chi connectivity index (χ2v) is 7.77. The minimum absolute atomic E-state index is 0.0703. The third-order valence-corrected chi connectivity index (χ3v) is 5.87. The number of halogens is 2. The summed E-state index contributed by atoms with van der Waals surface area (Å²) in [6, 6.07) is 3.09. The van der Waals surface area contributed by atoms with Gasteiger partial charge in [0.25, 0.3) is 0 Å². The van der Waals surface area contributed by atoms with E-state index in [1.165, 1.54) is 10.4 Å². The first-order chi connectivity index (χ1) is 9.84. The smallest absolute Gasteiger partial charge is 0.244 e. The van der Waals surface area contributed by atoms with Gasteiger partial charge in [0.1, 0.15) is 4.90 Å². The number of nitrogens with zero attached hydrogens (tertiary/aromatic N) is 1. The lowest BCUT2D eigenvalue weighted by atomic mass is 10.2. The predicted molar refractivity (Wildman–Crippen MR) is 88.6 cm³/mol. The van der Waals surface area contributed by atoms with Gasteiger partial charge in [-0.3, -0.25) is 0 Å². The van der Waals surface area contributed by atoms with E-state index >= 15 is 0 Å². The molecule has 0 aromatic heterocycles. The lowest BCUT2D eigenvalue weighted by Gasteiger charge is -2.19. The monoisotopic (exact) mass is 352 g/mol. The molecule has 1 N–H and O–H groups in total. The maximum atomic E-state index is 12.6. The summed E-state index contributed by atoms with van der Waals surface area (Å²) in [4.78, 5) is 0.0703. The molecule has 0 aliphatic carbocycles. The molecular formula is C14H22Cl2N2O2S. The Balaban J connectivity index is 3.12. The van der Waals surface area contributed by atoms with Crippen molar-refractivity contribution < 1.29 is 8.42 Å². The van der Waals surface area contributed by atoms with Crippen LogP contribution in [0.3, 0.4) is 0 Å². The van der Waals surface area contributed by atoms with Crippen molar-refractivity contribution in [2.24, 2.45) is 0 Å². The first-order valence-corrected chi connectivity index (χ1v) is 9.13. The molecule has 1 aromatic rings. The minimum Gasteiger partial charge on any atom is -0.316 e. The minimum atomic E-state index is -3.62. The van der Waals surface area contributed by atoms with Gasteiger partial charge in [-0.15, -0.1) is 0 Å². The second kappa shape index (κ2) is 8.34. The maximum absolute atomic E-state index is 12.6. The Morgan fingerprint density at radius 2 is 1.90 bits per heavy atom. The van der Waals surface area contributed by atoms with Gasteiger partial charge >= 0.3 is 0 Å². The fourth-order valence-corrected chi connectivity index (χ4v) is 4.11. The van der Waals surface area contributed by atoms with Crippen LogP contribution in [0.4, 0.5) is 0 Å². The van der Waals surface area contributed by atoms with Crippen LogP contribution in [0.2, 0.25) is 10.0 Å². The molecule has 0 spiro atoms. The van der Waals surface area contributed by atoms with Crippen molar-refractivity contribution >= 4 is 33.2 Å². The van der Waals surface area contributed by atoms with Crippen LogP contribution < -0.4 is 5.32 Å². The Hall–Kier alpha value is -0.330. The molecule has 120 valence electrons. The van der Waals surface area contributed by atoms with Crippen molar-refractivity contribution in [3.8, 4) is 0 Å². The van der Waals surface area contributed by atoms with Crippen molar-refractivity contribution in [2.75, 3.05) is 20.6 Å². The highest BCUT2D eigenvalue weighted by Crippen LogP contribution is 2.31. The van der Waals surface area contributed by atoms with E-state index in [0.29, 0.717) is 23.7 Å². The van der Waals surface area contributed by atoms with Gasteiger partial charge in [-0.1, -0.05) is 43.0 Å². The topological polar surface area (TPSA) is 49.4 Å². The quantitative estimate of drug-likeness (QED) is 0.728. The zero-order valence-electron chi connectivity index (χ0n) is 12.6. The SMILES string of the molecule is CCCCCN(C)S(=O)(=O)c1cc(Cl)cc(CNC)c1Cl. The van der Waals surface area contributed by atoms with E-state index in [1.54, 1.807) is 20.2 Å². The Labute approximate surface area is 137 Å². The van der Waals surface area contributed by atoms with Crippen LogP contribution in [0, 0.1) is 0 Å². The van der Waals surface area contributed by atoms with Crippen LogP contribution in [0.5, 0.6) is 0 Å². The van der Waals surface area contributed by atoms with Crippen molar-refractivity contribution in [1.82, 2.24) is 9.62 Å². The van der Waals surface area contributed by atoms with E-state index in [9.17, 15) is 8.42 Å². The molecule has 1 rings (SSSR count). The number of hydrogen-bond acceptors (Lipinski definition) is 3. The number of hydrogen-bond donors (Lipinski definition) is 1. The van der Waals surface area contributed by atoms with E-state index in [0.717, 1.165) is 19.3 Å². The lowest BCUT2D eigenvalue weighted by molar-refractivity contribution is 0.454. The fourth-order valence-electron chi connectivity index (χ4n) is 2.00. The van der Waals surface area contributed by atoms with Gasteiger partial charge in [-0.05, 0) is 31.2 Å². The molecule has 0 heterocycles. The van der Waals surface area contributed by atoms with Gasteiger partial charge in [0, 0.05) is 25.2 Å². The van der Waals surface area contributed by atoms with Crippen molar-refractivity contribution in [1.29, 1.82) is 0 Å². The van der Waals surface area contributed by atoms with Crippen LogP contribution in [0.25, 0.3) is 0 Å². The highest BCUT2D eigenvalue weighted by molar-refractivity contribution is 7.89. The molecule has 7 heteroatoms. The fraction of sp³-hybridized carbons (Fsp3) is 0.571. The summed E-state index contributed by atoms with van der Waals surface area (Å²) in [6.45, 7) is 3.01. The number of rotatable bonds is 8. The van der Waals surface area contributed by atoms with Crippen LogP contribution >= 0.6 is 23.2 Å². The first-order valence-electron chi connectivity index (χ1n) is 6.93. The summed E-state index contributed by atoms with van der Waals surface area (Å²) in [7, 11) is -0.289. The number of nitrogens with one attached hydrogen (secondary N) is 1. The molecule has 0 saturated heterocycles. The Bertz CT molecular complexity index is 577. The number of unbranched alkanes of at least 4 members (excludes halogenated alkanes) is 2. The molecule has 0 amide bonds. The van der Waals surface area contributed by atoms with Gasteiger partial charge in [-0.2, -0.15) is 0 Å². The van der Waals surface area contributed by atoms with Crippen molar-refractivity contribution in [3.05, 3.63) is 27.7 Å². The van der Waals surface area contributed by atoms with Gasteiger partial charge in [-0.25, -0.2) is 12.7 Å². The average Bonchev–Trinajstić information content (AvgIpc) is 2.42. The third-order valence-electron chi connectivity index (χ3n) is 3.21. The highest BCUT2D eigenvalue weighted by Gasteiger charge is 2.25. The van der Waals surface area contributed by atoms with E-state index in [2.05, 4.69) is 12.2 Å². The van der Waals surface area contributed by atoms with E-state index < -0.39 is 10.0 Å². The average molecular weight is 353 g/mol. The van der Waals surface area contributed by atoms with Crippen molar-refractivity contribution in [2.45, 2.75) is 37.6 Å². The third kappa shape index (κ3) is 4.83. The largest absolute Gasteiger partial charge is 0.316 e. The summed E-state index contributed by atoms with van der Waals surface area (Å²) < 4.78 is 26.6. The van der Waals surface area contributed by atoms with E-state index in [-0.39, 0.29) is 9.92 Å². The van der Waals surface area contributed by atoms with Gasteiger partial charge < -0.3 is 5.32 Å². The second-order valence-electron chi connectivity index (χ2n) is 4.94. The van der Waals surface area contributed by atoms with Gasteiger partial charge in [0.05, 0.1) is 5.02 Å². The van der Waals surface area contributed by atoms with E-state index in [1.807, 2.05) is 0 Å². The maximum Gasteiger partial charge on any atom is 0.244 e. The molecule has 4 nitrogen and oxygen atoms in total. The van der Waals surface area contributed by atoms with Crippen LogP contribution in [-0.2, 0) is 16.6 Å². The van der Waals surface area contributed by atoms with Crippen molar-refractivity contribution in [3.63, 3.8) is 0 Å². The molecule has 0 radical (unpaired) electrons. The molecule has 0 aliphatic heterocycles. The zero-order chi connectivity index (χ0) is 16.0. The zero-order valence-corrected chi connectivity index (χ0v) is 14.9. The molecule has 0 bridgehead atoms. The van der Waals surface area contributed by atoms with Gasteiger partial charge in [0.15, 0.2) is 0 Å². The van der Waals surface area contributed by atoms with Crippen LogP contribution in [0.1, 0.15) is 31.7 Å². The molecular weight excluding hydrogens is 331 g/mol. The summed E-state index contributed by atoms with van der Waals surface area (Å²) >= 11 is 12.3. The number of benzene rings is 1. The molecule has 0 saturated carbocycles. The summed E-state index contributed by atoms with van der Waals surface area (Å²) in [5.41, 5.74) is 0.673. The van der Waals surface area contributed by atoms with Crippen LogP contribution in [0.15, 0.2) is 17.0 Å². The molecule has 0 atom stereocenters. The summed E-state index contributed by atoms with van der Waals surface area (Å²) in [5.74, 6) is 0. The normalized spacial score (nSPS) is 12.1. The summed E-state index contributed by atoms with van der Waals surface area (Å²) in [6.07, 6.45) is 2.86. The van der Waals surface area contributed by atoms with Gasteiger partial charge in [0.2, 0.25) is 10.0 Å². The Morgan fingerprint density at radius 1 is 1.24 bits per heavy atom. The number of sulfonamides is 1. The standard InChI is InChI=1S/C14H22Cl2N2O2S/c1-4-5-6-7-18(3)21(19,20)13-9-12(15)8-11(10-17-2)14(13)16/h8-9,17H,4-7,10H2,1-3H3. The molecule has 0 unspecified atom stereocenters. The lowest BCUT2D eigenvalue weighted by Crippen LogP contribution is -2.28. The Kier molecular flexibility index (Phi) is 7.44. The summed E-state index contributed by atoms with van der Waals surface area (Å²) in [5, 5.41) is 3.55. The molecule has 0 fully saturated rings. The van der Waals surface area contributed by atoms with E-state index in [4.69, 9.17) is 23.2 Å².